The monoisotopic (exact) mass is 288 g/mol. The van der Waals surface area contributed by atoms with Crippen LogP contribution in [0.1, 0.15) is 43.6 Å². The smallest absolute Gasteiger partial charge is 0.133 e. The minimum absolute atomic E-state index is 0.0504. The van der Waals surface area contributed by atoms with E-state index in [4.69, 9.17) is 4.74 Å². The second kappa shape index (κ2) is 5.86. The van der Waals surface area contributed by atoms with E-state index < -0.39 is 11.9 Å². The second-order valence-corrected chi connectivity index (χ2v) is 6.16. The molecule has 112 valence electrons. The Kier molecular flexibility index (Phi) is 4.33. The van der Waals surface area contributed by atoms with Crippen molar-refractivity contribution in [2.75, 3.05) is 7.11 Å². The van der Waals surface area contributed by atoms with E-state index in [1.165, 1.54) is 18.7 Å². The van der Waals surface area contributed by atoms with E-state index in [0.29, 0.717) is 11.3 Å². The molecular formula is C18H21FO2. The number of aliphatic hydroxyl groups is 1. The molecule has 0 radical (unpaired) electrons. The van der Waals surface area contributed by atoms with Crippen molar-refractivity contribution in [3.63, 3.8) is 0 Å². The summed E-state index contributed by atoms with van der Waals surface area (Å²) in [5.41, 5.74) is 2.15. The average Bonchev–Trinajstić information content (AvgIpc) is 2.45. The molecule has 0 spiro atoms. The molecule has 2 rings (SSSR count). The SMILES string of the molecule is COc1ccc(C(O)c2ccc(C(C)(C)C)cc2)c(F)c1. The third kappa shape index (κ3) is 3.42. The zero-order valence-electron chi connectivity index (χ0n) is 12.9. The summed E-state index contributed by atoms with van der Waals surface area (Å²) in [6, 6.07) is 12.1. The minimum Gasteiger partial charge on any atom is -0.497 e. The molecule has 3 heteroatoms. The molecule has 0 aliphatic heterocycles. The first-order valence-electron chi connectivity index (χ1n) is 6.95. The van der Waals surface area contributed by atoms with Crippen molar-refractivity contribution in [3.05, 3.63) is 65.0 Å². The molecule has 1 N–H and O–H groups in total. The van der Waals surface area contributed by atoms with Gasteiger partial charge in [0.1, 0.15) is 17.7 Å². The predicted molar refractivity (Wildman–Crippen MR) is 82.2 cm³/mol. The maximum absolute atomic E-state index is 14.0. The van der Waals surface area contributed by atoms with Gasteiger partial charge >= 0.3 is 0 Å². The normalized spacial score (nSPS) is 13.0. The first kappa shape index (κ1) is 15.5. The summed E-state index contributed by atoms with van der Waals surface area (Å²) in [5.74, 6) is -0.0340. The number of halogens is 1. The Morgan fingerprint density at radius 3 is 2.14 bits per heavy atom. The summed E-state index contributed by atoms with van der Waals surface area (Å²) < 4.78 is 19.0. The number of methoxy groups -OCH3 is 1. The fourth-order valence-corrected chi connectivity index (χ4v) is 2.20. The Morgan fingerprint density at radius 2 is 1.67 bits per heavy atom. The molecule has 0 aliphatic carbocycles. The molecule has 0 saturated heterocycles. The van der Waals surface area contributed by atoms with Gasteiger partial charge in [0, 0.05) is 11.6 Å². The zero-order valence-corrected chi connectivity index (χ0v) is 12.9. The maximum atomic E-state index is 14.0. The maximum Gasteiger partial charge on any atom is 0.133 e. The lowest BCUT2D eigenvalue weighted by Gasteiger charge is -2.20. The third-order valence-corrected chi connectivity index (χ3v) is 3.59. The first-order chi connectivity index (χ1) is 9.82. The summed E-state index contributed by atoms with van der Waals surface area (Å²) in [5, 5.41) is 10.3. The molecule has 0 fully saturated rings. The van der Waals surface area contributed by atoms with Crippen LogP contribution < -0.4 is 4.74 Å². The molecule has 2 nitrogen and oxygen atoms in total. The van der Waals surface area contributed by atoms with Crippen LogP contribution in [0.5, 0.6) is 5.75 Å². The van der Waals surface area contributed by atoms with Crippen molar-refractivity contribution in [2.24, 2.45) is 0 Å². The van der Waals surface area contributed by atoms with Crippen LogP contribution in [-0.2, 0) is 5.41 Å². The van der Waals surface area contributed by atoms with E-state index in [9.17, 15) is 9.50 Å². The summed E-state index contributed by atoms with van der Waals surface area (Å²) in [6.45, 7) is 6.38. The van der Waals surface area contributed by atoms with E-state index in [-0.39, 0.29) is 11.0 Å². The van der Waals surface area contributed by atoms with Gasteiger partial charge in [0.25, 0.3) is 0 Å². The first-order valence-corrected chi connectivity index (χ1v) is 6.95. The van der Waals surface area contributed by atoms with E-state index >= 15 is 0 Å². The molecular weight excluding hydrogens is 267 g/mol. The summed E-state index contributed by atoms with van der Waals surface area (Å²) in [7, 11) is 1.48. The van der Waals surface area contributed by atoms with Crippen LogP contribution in [0.2, 0.25) is 0 Å². The van der Waals surface area contributed by atoms with E-state index in [1.54, 1.807) is 12.1 Å². The van der Waals surface area contributed by atoms with Gasteiger partial charge in [-0.3, -0.25) is 0 Å². The number of rotatable bonds is 3. The van der Waals surface area contributed by atoms with Gasteiger partial charge in [0.05, 0.1) is 7.11 Å². The number of benzene rings is 2. The van der Waals surface area contributed by atoms with Crippen molar-refractivity contribution >= 4 is 0 Å². The Bertz CT molecular complexity index is 612. The van der Waals surface area contributed by atoms with Gasteiger partial charge in [-0.2, -0.15) is 0 Å². The average molecular weight is 288 g/mol. The van der Waals surface area contributed by atoms with Crippen LogP contribution in [0.25, 0.3) is 0 Å². The van der Waals surface area contributed by atoms with Crippen LogP contribution >= 0.6 is 0 Å². The lowest BCUT2D eigenvalue weighted by atomic mass is 9.86. The van der Waals surface area contributed by atoms with E-state index in [0.717, 1.165) is 0 Å². The zero-order chi connectivity index (χ0) is 15.6. The topological polar surface area (TPSA) is 29.5 Å². The standard InChI is InChI=1S/C18H21FO2/c1-18(2,3)13-7-5-12(6-8-13)17(20)15-10-9-14(21-4)11-16(15)19/h5-11,17,20H,1-4H3. The summed E-state index contributed by atoms with van der Waals surface area (Å²) in [6.07, 6.45) is -0.982. The van der Waals surface area contributed by atoms with Crippen molar-refractivity contribution in [3.8, 4) is 5.75 Å². The second-order valence-electron chi connectivity index (χ2n) is 6.16. The van der Waals surface area contributed by atoms with Crippen LogP contribution in [-0.4, -0.2) is 12.2 Å². The van der Waals surface area contributed by atoms with Gasteiger partial charge < -0.3 is 9.84 Å². The molecule has 1 unspecified atom stereocenters. The van der Waals surface area contributed by atoms with Crippen molar-refractivity contribution in [1.29, 1.82) is 0 Å². The van der Waals surface area contributed by atoms with Crippen molar-refractivity contribution < 1.29 is 14.2 Å². The number of hydrogen-bond acceptors (Lipinski definition) is 2. The Morgan fingerprint density at radius 1 is 1.05 bits per heavy atom. The number of hydrogen-bond donors (Lipinski definition) is 1. The molecule has 0 heterocycles. The molecule has 2 aromatic carbocycles. The van der Waals surface area contributed by atoms with E-state index in [2.05, 4.69) is 20.8 Å². The summed E-state index contributed by atoms with van der Waals surface area (Å²) in [4.78, 5) is 0. The third-order valence-electron chi connectivity index (χ3n) is 3.59. The van der Waals surface area contributed by atoms with Gasteiger partial charge in [-0.05, 0) is 28.7 Å². The van der Waals surface area contributed by atoms with Gasteiger partial charge in [0.2, 0.25) is 0 Å². The van der Waals surface area contributed by atoms with Crippen LogP contribution in [0.4, 0.5) is 4.39 Å². The van der Waals surface area contributed by atoms with Crippen molar-refractivity contribution in [1.82, 2.24) is 0 Å². The lowest BCUT2D eigenvalue weighted by molar-refractivity contribution is 0.214. The molecule has 2 aromatic rings. The van der Waals surface area contributed by atoms with Crippen LogP contribution in [0.3, 0.4) is 0 Å². The largest absolute Gasteiger partial charge is 0.497 e. The molecule has 0 aliphatic rings. The molecule has 0 aromatic heterocycles. The molecule has 21 heavy (non-hydrogen) atoms. The van der Waals surface area contributed by atoms with Gasteiger partial charge in [-0.15, -0.1) is 0 Å². The van der Waals surface area contributed by atoms with Crippen molar-refractivity contribution in [2.45, 2.75) is 32.3 Å². The Hall–Kier alpha value is -1.87. The van der Waals surface area contributed by atoms with Gasteiger partial charge in [0.15, 0.2) is 0 Å². The van der Waals surface area contributed by atoms with Crippen LogP contribution in [0.15, 0.2) is 42.5 Å². The lowest BCUT2D eigenvalue weighted by Crippen LogP contribution is -2.11. The highest BCUT2D eigenvalue weighted by Gasteiger charge is 2.18. The highest BCUT2D eigenvalue weighted by atomic mass is 19.1. The Balaban J connectivity index is 2.30. The minimum atomic E-state index is -0.982. The molecule has 0 saturated carbocycles. The van der Waals surface area contributed by atoms with Crippen LogP contribution in [0, 0.1) is 5.82 Å². The highest BCUT2D eigenvalue weighted by molar-refractivity contribution is 5.37. The quantitative estimate of drug-likeness (QED) is 0.916. The predicted octanol–water partition coefficient (Wildman–Crippen LogP) is 4.21. The number of aliphatic hydroxyl groups excluding tert-OH is 1. The van der Waals surface area contributed by atoms with E-state index in [1.807, 2.05) is 24.3 Å². The summed E-state index contributed by atoms with van der Waals surface area (Å²) >= 11 is 0. The fraction of sp³-hybridized carbons (Fsp3) is 0.333. The highest BCUT2D eigenvalue weighted by Crippen LogP contribution is 2.29. The molecule has 1 atom stereocenters. The van der Waals surface area contributed by atoms with Gasteiger partial charge in [-0.25, -0.2) is 4.39 Å². The molecule has 0 bridgehead atoms. The molecule has 0 amide bonds. The fourth-order valence-electron chi connectivity index (χ4n) is 2.20. The number of ether oxygens (including phenoxy) is 1. The van der Waals surface area contributed by atoms with Gasteiger partial charge in [-0.1, -0.05) is 45.0 Å². The Labute approximate surface area is 125 Å².